The summed E-state index contributed by atoms with van der Waals surface area (Å²) in [5.74, 6) is 1.15. The fraction of sp³-hybridized carbons (Fsp3) is 0.154. The lowest BCUT2D eigenvalue weighted by atomic mass is 10.1. The third-order valence-corrected chi connectivity index (χ3v) is 2.58. The maximum Gasteiger partial charge on any atom is 0.211 e. The molecule has 0 heterocycles. The zero-order valence-electron chi connectivity index (χ0n) is 9.69. The van der Waals surface area contributed by atoms with Crippen molar-refractivity contribution in [2.24, 2.45) is 0 Å². The highest BCUT2D eigenvalue weighted by Gasteiger charge is 2.14. The Bertz CT molecular complexity index is 552. The zero-order valence-corrected chi connectivity index (χ0v) is 9.69. The molecule has 2 aromatic rings. The minimum absolute atomic E-state index is 0.526. The van der Waals surface area contributed by atoms with Crippen molar-refractivity contribution in [3.63, 3.8) is 0 Å². The van der Waals surface area contributed by atoms with Crippen LogP contribution in [0.2, 0.25) is 0 Å². The van der Waals surface area contributed by atoms with Crippen molar-refractivity contribution in [3.05, 3.63) is 30.3 Å². The van der Waals surface area contributed by atoms with Gasteiger partial charge in [0.2, 0.25) is 6.41 Å². The van der Waals surface area contributed by atoms with Gasteiger partial charge in [0.05, 0.1) is 19.9 Å². The largest absolute Gasteiger partial charge is 0.492 e. The first-order valence-corrected chi connectivity index (χ1v) is 5.15. The minimum Gasteiger partial charge on any atom is -0.492 e. The number of nitrogens with one attached hydrogen (secondary N) is 1. The van der Waals surface area contributed by atoms with Crippen LogP contribution in [0.15, 0.2) is 30.3 Å². The van der Waals surface area contributed by atoms with Crippen LogP contribution in [0, 0.1) is 0 Å². The molecule has 0 bridgehead atoms. The van der Waals surface area contributed by atoms with Crippen molar-refractivity contribution in [1.29, 1.82) is 0 Å². The Morgan fingerprint density at radius 2 is 1.82 bits per heavy atom. The summed E-state index contributed by atoms with van der Waals surface area (Å²) in [7, 11) is 3.12. The first-order chi connectivity index (χ1) is 8.31. The summed E-state index contributed by atoms with van der Waals surface area (Å²) >= 11 is 0. The maximum atomic E-state index is 10.6. The van der Waals surface area contributed by atoms with Gasteiger partial charge in [0.15, 0.2) is 11.5 Å². The van der Waals surface area contributed by atoms with E-state index in [-0.39, 0.29) is 0 Å². The number of fused-ring (bicyclic) bond motifs is 1. The van der Waals surface area contributed by atoms with Gasteiger partial charge in [-0.2, -0.15) is 0 Å². The molecule has 2 rings (SSSR count). The Morgan fingerprint density at radius 1 is 1.12 bits per heavy atom. The third-order valence-electron chi connectivity index (χ3n) is 2.58. The lowest BCUT2D eigenvalue weighted by Gasteiger charge is -2.14. The summed E-state index contributed by atoms with van der Waals surface area (Å²) in [6.45, 7) is 0. The van der Waals surface area contributed by atoms with Gasteiger partial charge in [0.25, 0.3) is 0 Å². The van der Waals surface area contributed by atoms with Crippen molar-refractivity contribution in [2.45, 2.75) is 0 Å². The van der Waals surface area contributed by atoms with E-state index in [9.17, 15) is 4.79 Å². The first-order valence-electron chi connectivity index (χ1n) is 5.15. The number of rotatable bonds is 4. The highest BCUT2D eigenvalue weighted by molar-refractivity contribution is 5.97. The third kappa shape index (κ3) is 1.89. The molecule has 0 aliphatic carbocycles. The standard InChI is InChI=1S/C13H13NO3/c1-16-12-10-6-4-3-5-9(10)7-11(14-8-15)13(12)17-2/h3-8H,1-2H3,(H,14,15). The topological polar surface area (TPSA) is 47.6 Å². The van der Waals surface area contributed by atoms with E-state index >= 15 is 0 Å². The van der Waals surface area contributed by atoms with Gasteiger partial charge in [-0.3, -0.25) is 4.79 Å². The van der Waals surface area contributed by atoms with E-state index in [1.54, 1.807) is 14.2 Å². The molecule has 0 atom stereocenters. The second kappa shape index (κ2) is 4.74. The highest BCUT2D eigenvalue weighted by atomic mass is 16.5. The van der Waals surface area contributed by atoms with Crippen LogP contribution < -0.4 is 14.8 Å². The fourth-order valence-corrected chi connectivity index (χ4v) is 1.87. The van der Waals surface area contributed by atoms with Gasteiger partial charge in [-0.1, -0.05) is 24.3 Å². The minimum atomic E-state index is 0.526. The molecular formula is C13H13NO3. The molecule has 0 aliphatic rings. The van der Waals surface area contributed by atoms with Gasteiger partial charge in [-0.25, -0.2) is 0 Å². The predicted molar refractivity (Wildman–Crippen MR) is 66.7 cm³/mol. The summed E-state index contributed by atoms with van der Waals surface area (Å²) in [5, 5.41) is 4.54. The molecule has 0 unspecified atom stereocenters. The molecule has 0 aromatic heterocycles. The first kappa shape index (κ1) is 11.3. The van der Waals surface area contributed by atoms with E-state index in [4.69, 9.17) is 9.47 Å². The number of hydrogen-bond donors (Lipinski definition) is 1. The van der Waals surface area contributed by atoms with Crippen LogP contribution in [0.25, 0.3) is 10.8 Å². The number of carbonyl (C=O) groups excluding carboxylic acids is 1. The van der Waals surface area contributed by atoms with Gasteiger partial charge >= 0.3 is 0 Å². The van der Waals surface area contributed by atoms with Crippen molar-refractivity contribution >= 4 is 22.9 Å². The molecule has 0 fully saturated rings. The highest BCUT2D eigenvalue weighted by Crippen LogP contribution is 2.41. The normalized spacial score (nSPS) is 10.0. The van der Waals surface area contributed by atoms with Crippen LogP contribution in [0.5, 0.6) is 11.5 Å². The number of amides is 1. The molecule has 0 spiro atoms. The Labute approximate surface area is 99.1 Å². The Kier molecular flexibility index (Phi) is 3.14. The van der Waals surface area contributed by atoms with E-state index in [0.717, 1.165) is 10.8 Å². The van der Waals surface area contributed by atoms with Gasteiger partial charge in [-0.05, 0) is 11.5 Å². The molecule has 0 aliphatic heterocycles. The summed E-state index contributed by atoms with van der Waals surface area (Å²) in [5.41, 5.74) is 0.595. The number of hydrogen-bond acceptors (Lipinski definition) is 3. The Balaban J connectivity index is 2.78. The number of benzene rings is 2. The van der Waals surface area contributed by atoms with Crippen LogP contribution in [-0.2, 0) is 4.79 Å². The van der Waals surface area contributed by atoms with Crippen LogP contribution >= 0.6 is 0 Å². The monoisotopic (exact) mass is 231 g/mol. The average Bonchev–Trinajstić information content (AvgIpc) is 2.37. The van der Waals surface area contributed by atoms with E-state index in [1.807, 2.05) is 30.3 Å². The molecule has 0 saturated carbocycles. The van der Waals surface area contributed by atoms with Crippen molar-refractivity contribution < 1.29 is 14.3 Å². The second-order valence-corrected chi connectivity index (χ2v) is 3.47. The number of methoxy groups -OCH3 is 2. The quantitative estimate of drug-likeness (QED) is 0.822. The number of ether oxygens (including phenoxy) is 2. The lowest BCUT2D eigenvalue weighted by Crippen LogP contribution is -2.00. The van der Waals surface area contributed by atoms with Crippen molar-refractivity contribution in [3.8, 4) is 11.5 Å². The van der Waals surface area contributed by atoms with E-state index < -0.39 is 0 Å². The summed E-state index contributed by atoms with van der Waals surface area (Å²) in [6.07, 6.45) is 0.617. The van der Waals surface area contributed by atoms with Crippen molar-refractivity contribution in [2.75, 3.05) is 19.5 Å². The number of carbonyl (C=O) groups is 1. The van der Waals surface area contributed by atoms with Gasteiger partial charge in [0, 0.05) is 5.39 Å². The summed E-state index contributed by atoms with van der Waals surface area (Å²) in [6, 6.07) is 9.61. The van der Waals surface area contributed by atoms with E-state index in [0.29, 0.717) is 23.6 Å². The van der Waals surface area contributed by atoms with Gasteiger partial charge < -0.3 is 14.8 Å². The van der Waals surface area contributed by atoms with Crippen LogP contribution in [-0.4, -0.2) is 20.6 Å². The van der Waals surface area contributed by atoms with Gasteiger partial charge in [-0.15, -0.1) is 0 Å². The molecule has 4 nitrogen and oxygen atoms in total. The van der Waals surface area contributed by atoms with Crippen molar-refractivity contribution in [1.82, 2.24) is 0 Å². The van der Waals surface area contributed by atoms with Gasteiger partial charge in [0.1, 0.15) is 0 Å². The second-order valence-electron chi connectivity index (χ2n) is 3.47. The van der Waals surface area contributed by atoms with E-state index in [1.165, 1.54) is 0 Å². The molecular weight excluding hydrogens is 218 g/mol. The molecule has 1 amide bonds. The lowest BCUT2D eigenvalue weighted by molar-refractivity contribution is -0.105. The molecule has 1 N–H and O–H groups in total. The SMILES string of the molecule is COc1c(NC=O)cc2ccccc2c1OC. The smallest absolute Gasteiger partial charge is 0.211 e. The molecule has 0 radical (unpaired) electrons. The summed E-state index contributed by atoms with van der Waals surface area (Å²) < 4.78 is 10.6. The average molecular weight is 231 g/mol. The molecule has 2 aromatic carbocycles. The molecule has 4 heteroatoms. The van der Waals surface area contributed by atoms with Crippen LogP contribution in [0.3, 0.4) is 0 Å². The van der Waals surface area contributed by atoms with E-state index in [2.05, 4.69) is 5.32 Å². The maximum absolute atomic E-state index is 10.6. The zero-order chi connectivity index (χ0) is 12.3. The Morgan fingerprint density at radius 3 is 2.47 bits per heavy atom. The summed E-state index contributed by atoms with van der Waals surface area (Å²) in [4.78, 5) is 10.6. The van der Waals surface area contributed by atoms with Crippen LogP contribution in [0.1, 0.15) is 0 Å². The molecule has 17 heavy (non-hydrogen) atoms. The molecule has 88 valence electrons. The number of anilines is 1. The Hall–Kier alpha value is -2.23. The molecule has 0 saturated heterocycles. The predicted octanol–water partition coefficient (Wildman–Crippen LogP) is 2.43. The fourth-order valence-electron chi connectivity index (χ4n) is 1.87. The van der Waals surface area contributed by atoms with Crippen LogP contribution in [0.4, 0.5) is 5.69 Å².